The number of para-hydroxylation sites is 1. The van der Waals surface area contributed by atoms with Crippen LogP contribution >= 0.6 is 11.3 Å². The SMILES string of the molecule is CC(C)CCOc1ccc(-c2nn(-c3ccccc3)cc2/C=c2/sc3nc(=O)c(Cc4ccccc4)nn3c2=O)cc1. The molecule has 0 atom stereocenters. The Morgan fingerprint density at radius 2 is 1.62 bits per heavy atom. The Kier molecular flexibility index (Phi) is 7.74. The molecule has 0 aliphatic heterocycles. The molecule has 0 aliphatic carbocycles. The number of thiazole rings is 1. The van der Waals surface area contributed by atoms with Gasteiger partial charge in [0.05, 0.1) is 16.8 Å². The van der Waals surface area contributed by atoms with Gasteiger partial charge in [0.1, 0.15) is 17.1 Å². The minimum Gasteiger partial charge on any atom is -0.494 e. The van der Waals surface area contributed by atoms with Gasteiger partial charge >= 0.3 is 0 Å². The number of rotatable bonds is 9. The van der Waals surface area contributed by atoms with E-state index in [1.165, 1.54) is 4.52 Å². The van der Waals surface area contributed by atoms with Crippen LogP contribution < -0.4 is 20.4 Å². The van der Waals surface area contributed by atoms with Crippen molar-refractivity contribution >= 4 is 22.4 Å². The Hall–Kier alpha value is -4.89. The zero-order valence-corrected chi connectivity index (χ0v) is 24.1. The molecule has 210 valence electrons. The molecule has 0 amide bonds. The fourth-order valence-electron chi connectivity index (χ4n) is 4.53. The molecule has 0 spiro atoms. The number of hydrogen-bond donors (Lipinski definition) is 0. The third-order valence-corrected chi connectivity index (χ3v) is 7.77. The molecule has 42 heavy (non-hydrogen) atoms. The standard InChI is InChI=1S/C33H29N5O3S/c1-22(2)17-18-41-27-15-13-24(14-16-27)30-25(21-37(36-30)26-11-7-4-8-12-26)20-29-32(40)38-33(42-29)34-31(39)28(35-38)19-23-9-5-3-6-10-23/h3-16,20-22H,17-19H2,1-2H3/b29-20+. The summed E-state index contributed by atoms with van der Waals surface area (Å²) in [5, 5.41) is 9.27. The topological polar surface area (TPSA) is 91.4 Å². The summed E-state index contributed by atoms with van der Waals surface area (Å²) in [6.07, 6.45) is 4.97. The van der Waals surface area contributed by atoms with Crippen LogP contribution in [0, 0.1) is 5.92 Å². The monoisotopic (exact) mass is 575 g/mol. The largest absolute Gasteiger partial charge is 0.494 e. The third-order valence-electron chi connectivity index (χ3n) is 6.81. The summed E-state index contributed by atoms with van der Waals surface area (Å²) in [6.45, 7) is 5.01. The third kappa shape index (κ3) is 5.91. The summed E-state index contributed by atoms with van der Waals surface area (Å²) in [7, 11) is 0. The molecule has 6 rings (SSSR count). The van der Waals surface area contributed by atoms with E-state index in [0.717, 1.165) is 45.9 Å². The second-order valence-corrected chi connectivity index (χ2v) is 11.4. The molecule has 0 N–H and O–H groups in total. The van der Waals surface area contributed by atoms with Crippen molar-refractivity contribution in [3.63, 3.8) is 0 Å². The summed E-state index contributed by atoms with van der Waals surface area (Å²) in [5.74, 6) is 1.37. The predicted octanol–water partition coefficient (Wildman–Crippen LogP) is 4.93. The first-order valence-electron chi connectivity index (χ1n) is 13.8. The summed E-state index contributed by atoms with van der Waals surface area (Å²) in [4.78, 5) is 30.6. The van der Waals surface area contributed by atoms with Gasteiger partial charge in [0.15, 0.2) is 0 Å². The maximum atomic E-state index is 13.5. The zero-order chi connectivity index (χ0) is 29.1. The molecule has 0 saturated carbocycles. The molecular weight excluding hydrogens is 546 g/mol. The molecular formula is C33H29N5O3S. The van der Waals surface area contributed by atoms with Crippen molar-refractivity contribution < 1.29 is 4.74 Å². The molecule has 8 nitrogen and oxygen atoms in total. The summed E-state index contributed by atoms with van der Waals surface area (Å²) >= 11 is 1.13. The molecule has 0 fully saturated rings. The van der Waals surface area contributed by atoms with Gasteiger partial charge in [-0.3, -0.25) is 9.59 Å². The molecule has 0 radical (unpaired) electrons. The Labute approximate surface area is 246 Å². The molecule has 0 bridgehead atoms. The van der Waals surface area contributed by atoms with E-state index in [4.69, 9.17) is 9.84 Å². The molecule has 0 saturated heterocycles. The number of hydrogen-bond acceptors (Lipinski definition) is 7. The lowest BCUT2D eigenvalue weighted by molar-refractivity contribution is 0.289. The zero-order valence-electron chi connectivity index (χ0n) is 23.3. The Morgan fingerprint density at radius 1 is 0.905 bits per heavy atom. The van der Waals surface area contributed by atoms with Gasteiger partial charge in [0.25, 0.3) is 11.1 Å². The fourth-order valence-corrected chi connectivity index (χ4v) is 5.43. The predicted molar refractivity (Wildman–Crippen MR) is 165 cm³/mol. The Bertz CT molecular complexity index is 2000. The van der Waals surface area contributed by atoms with Gasteiger partial charge in [-0.25, -0.2) is 4.68 Å². The van der Waals surface area contributed by atoms with Crippen LogP contribution in [0.1, 0.15) is 37.1 Å². The van der Waals surface area contributed by atoms with E-state index in [0.29, 0.717) is 29.2 Å². The number of ether oxygens (including phenoxy) is 1. The maximum Gasteiger partial charge on any atom is 0.296 e. The quantitative estimate of drug-likeness (QED) is 0.243. The van der Waals surface area contributed by atoms with E-state index in [-0.39, 0.29) is 16.2 Å². The van der Waals surface area contributed by atoms with Crippen LogP contribution in [0.15, 0.2) is 101 Å². The van der Waals surface area contributed by atoms with Crippen LogP contribution in [-0.2, 0) is 6.42 Å². The maximum absolute atomic E-state index is 13.5. The highest BCUT2D eigenvalue weighted by Gasteiger charge is 2.15. The van der Waals surface area contributed by atoms with E-state index in [1.54, 1.807) is 10.8 Å². The highest BCUT2D eigenvalue weighted by molar-refractivity contribution is 7.15. The van der Waals surface area contributed by atoms with E-state index in [9.17, 15) is 9.59 Å². The highest BCUT2D eigenvalue weighted by atomic mass is 32.1. The second-order valence-electron chi connectivity index (χ2n) is 10.4. The smallest absolute Gasteiger partial charge is 0.296 e. The van der Waals surface area contributed by atoms with Gasteiger partial charge in [-0.05, 0) is 60.4 Å². The van der Waals surface area contributed by atoms with E-state index in [2.05, 4.69) is 23.9 Å². The Balaban J connectivity index is 1.40. The first-order chi connectivity index (χ1) is 20.4. The molecule has 3 heterocycles. The summed E-state index contributed by atoms with van der Waals surface area (Å²) in [6, 6.07) is 27.2. The molecule has 3 aromatic heterocycles. The molecule has 9 heteroatoms. The van der Waals surface area contributed by atoms with E-state index < -0.39 is 5.56 Å². The molecule has 0 aliphatic rings. The van der Waals surface area contributed by atoms with Crippen LogP contribution in [-0.4, -0.2) is 31.0 Å². The van der Waals surface area contributed by atoms with Crippen molar-refractivity contribution in [1.82, 2.24) is 24.4 Å². The van der Waals surface area contributed by atoms with E-state index >= 15 is 0 Å². The van der Waals surface area contributed by atoms with Crippen molar-refractivity contribution in [3.8, 4) is 22.7 Å². The normalized spacial score (nSPS) is 11.9. The average molecular weight is 576 g/mol. The first-order valence-corrected chi connectivity index (χ1v) is 14.6. The van der Waals surface area contributed by atoms with Crippen LogP contribution in [0.5, 0.6) is 5.75 Å². The molecule has 6 aromatic rings. The summed E-state index contributed by atoms with van der Waals surface area (Å²) in [5.41, 5.74) is 3.64. The lowest BCUT2D eigenvalue weighted by atomic mass is 10.1. The number of nitrogens with zero attached hydrogens (tertiary/aromatic N) is 5. The van der Waals surface area contributed by atoms with Crippen molar-refractivity contribution in [3.05, 3.63) is 133 Å². The van der Waals surface area contributed by atoms with Crippen molar-refractivity contribution in [2.75, 3.05) is 6.61 Å². The van der Waals surface area contributed by atoms with Gasteiger partial charge in [0.2, 0.25) is 4.96 Å². The first kappa shape index (κ1) is 27.3. The number of fused-ring (bicyclic) bond motifs is 1. The molecule has 0 unspecified atom stereocenters. The van der Waals surface area contributed by atoms with Gasteiger partial charge in [-0.2, -0.15) is 19.7 Å². The minimum atomic E-state index is -0.431. The van der Waals surface area contributed by atoms with Crippen molar-refractivity contribution in [2.24, 2.45) is 5.92 Å². The molecule has 3 aromatic carbocycles. The number of aromatic nitrogens is 5. The summed E-state index contributed by atoms with van der Waals surface area (Å²) < 4.78 is 9.33. The lowest BCUT2D eigenvalue weighted by Crippen LogP contribution is -2.28. The van der Waals surface area contributed by atoms with Gasteiger partial charge in [-0.1, -0.05) is 73.7 Å². The minimum absolute atomic E-state index is 0.230. The highest BCUT2D eigenvalue weighted by Crippen LogP contribution is 2.26. The number of benzene rings is 3. The Morgan fingerprint density at radius 3 is 2.33 bits per heavy atom. The second kappa shape index (κ2) is 11.9. The van der Waals surface area contributed by atoms with Crippen LogP contribution in [0.4, 0.5) is 0 Å². The van der Waals surface area contributed by atoms with E-state index in [1.807, 2.05) is 91.1 Å². The van der Waals surface area contributed by atoms with Crippen LogP contribution in [0.3, 0.4) is 0 Å². The van der Waals surface area contributed by atoms with Crippen LogP contribution in [0.25, 0.3) is 28.0 Å². The van der Waals surface area contributed by atoms with Crippen molar-refractivity contribution in [2.45, 2.75) is 26.7 Å². The van der Waals surface area contributed by atoms with Crippen molar-refractivity contribution in [1.29, 1.82) is 0 Å². The fraction of sp³-hybridized carbons (Fsp3) is 0.182. The van der Waals surface area contributed by atoms with Gasteiger partial charge in [0, 0.05) is 23.7 Å². The van der Waals surface area contributed by atoms with Gasteiger partial charge < -0.3 is 4.74 Å². The van der Waals surface area contributed by atoms with Gasteiger partial charge in [-0.15, -0.1) is 0 Å². The lowest BCUT2D eigenvalue weighted by Gasteiger charge is -2.08. The average Bonchev–Trinajstić information content (AvgIpc) is 3.55. The van der Waals surface area contributed by atoms with Crippen LogP contribution in [0.2, 0.25) is 0 Å².